The Morgan fingerprint density at radius 2 is 1.46 bits per heavy atom. The van der Waals surface area contributed by atoms with E-state index in [1.165, 1.54) is 32.1 Å². The van der Waals surface area contributed by atoms with Crippen LogP contribution < -0.4 is 36.8 Å². The van der Waals surface area contributed by atoms with Crippen LogP contribution in [0.1, 0.15) is 104 Å². The predicted octanol–water partition coefficient (Wildman–Crippen LogP) is 6.50. The number of carbonyl (C=O) groups excluding carboxylic acids is 6. The number of urea groups is 1. The lowest BCUT2D eigenvalue weighted by molar-refractivity contribution is -0.133. The number of hydrogen-bond acceptors (Lipinski definition) is 13. The molecule has 1 atom stereocenters. The van der Waals surface area contributed by atoms with E-state index in [1.54, 1.807) is 16.2 Å². The van der Waals surface area contributed by atoms with Crippen LogP contribution in [0.15, 0.2) is 60.8 Å². The highest BCUT2D eigenvalue weighted by Crippen LogP contribution is 2.33. The number of likely N-dealkylation sites (N-methyl/N-ethyl adjacent to an activating group) is 1. The van der Waals surface area contributed by atoms with Gasteiger partial charge in [0.05, 0.1) is 16.8 Å². The molecule has 406 valence electrons. The molecule has 3 saturated heterocycles. The van der Waals surface area contributed by atoms with E-state index < -0.39 is 6.03 Å². The summed E-state index contributed by atoms with van der Waals surface area (Å²) in [5.41, 5.74) is 9.97. The zero-order chi connectivity index (χ0) is 53.5. The number of anilines is 2. The van der Waals surface area contributed by atoms with E-state index >= 15 is 0 Å². The van der Waals surface area contributed by atoms with Crippen LogP contribution in [0, 0.1) is 0 Å². The first-order valence-electron chi connectivity index (χ1n) is 26.4. The molecule has 6 N–H and O–H groups in total. The van der Waals surface area contributed by atoms with Crippen molar-refractivity contribution in [3.8, 4) is 10.6 Å². The van der Waals surface area contributed by atoms with Crippen LogP contribution in [-0.2, 0) is 37.1 Å². The number of piperazine rings is 2. The average molecular weight is 1040 g/mol. The summed E-state index contributed by atoms with van der Waals surface area (Å²) in [7, 11) is 0. The third-order valence-electron chi connectivity index (χ3n) is 12.5. The normalized spacial score (nSPS) is 14.7. The summed E-state index contributed by atoms with van der Waals surface area (Å²) in [6, 6.07) is 17.7. The van der Waals surface area contributed by atoms with Gasteiger partial charge in [-0.25, -0.2) is 19.6 Å². The maximum absolute atomic E-state index is 12.7. The number of ether oxygens (including phenoxy) is 1. The largest absolute Gasteiger partial charge is 0.445 e. The Morgan fingerprint density at radius 3 is 2.08 bits per heavy atom. The van der Waals surface area contributed by atoms with Crippen molar-refractivity contribution < 1.29 is 33.5 Å². The number of nitrogens with two attached hydrogens (primary N) is 1. The van der Waals surface area contributed by atoms with Gasteiger partial charge >= 0.3 is 12.1 Å². The topological polar surface area (TPSA) is 228 Å². The maximum Gasteiger partial charge on any atom is 0.410 e. The Bertz CT molecular complexity index is 2280. The minimum absolute atomic E-state index is 0.00405. The van der Waals surface area contributed by atoms with Crippen LogP contribution in [0.25, 0.3) is 20.8 Å². The molecule has 19 nitrogen and oxygen atoms in total. The number of nitrogens with one attached hydrogen (secondary N) is 4. The van der Waals surface area contributed by atoms with Gasteiger partial charge in [-0.05, 0) is 87.0 Å². The van der Waals surface area contributed by atoms with E-state index in [-0.39, 0.29) is 31.2 Å². The highest BCUT2D eigenvalue weighted by molar-refractivity contribution is 7.21. The van der Waals surface area contributed by atoms with Gasteiger partial charge in [0.15, 0.2) is 0 Å². The second-order valence-electron chi connectivity index (χ2n) is 18.5. The summed E-state index contributed by atoms with van der Waals surface area (Å²) in [6.45, 7) is 21.6. The quantitative estimate of drug-likeness (QED) is 0.0446. The van der Waals surface area contributed by atoms with E-state index in [1.807, 2.05) is 42.3 Å². The van der Waals surface area contributed by atoms with Crippen LogP contribution in [-0.4, -0.2) is 153 Å². The summed E-state index contributed by atoms with van der Waals surface area (Å²) in [5, 5.41) is 11.0. The van der Waals surface area contributed by atoms with Gasteiger partial charge in [-0.2, -0.15) is 0 Å². The highest BCUT2D eigenvalue weighted by atomic mass is 32.1. The molecule has 20 heteroatoms. The lowest BCUT2D eigenvalue weighted by atomic mass is 10.1. The second kappa shape index (κ2) is 34.0. The fourth-order valence-electron chi connectivity index (χ4n) is 8.33. The summed E-state index contributed by atoms with van der Waals surface area (Å²) < 4.78 is 6.69. The third kappa shape index (κ3) is 21.5. The standard InChI is InChI=1S/C30H32N6O3S.C12H24N2O.C9H18N4O3.C3H8/c37-21-31-18-22-3-5-23(6-4-22)20-39-30(38)36-15-13-34(14-16-36)25-8-9-26-27(17-25)40-29(33-26)24-7-10-28(32-19-24)35-11-1-2-12-35;1-3-5-6-7-12(15)14-10-8-13(4-2)9-11-14;1-7(3-2-4-12-9(10)16)13-8(15)5-11-6-14;1-3-2/h3-10,17,19,21H,1-2,11-16,18,20H2,(H,31,37);3-11H2,1-2H3;6-7H,2-5H2,1H3,(H,11,14)(H,13,15)(H3,10,12,16);3H2,1-2H3. The molecule has 0 radical (unpaired) electrons. The van der Waals surface area contributed by atoms with E-state index in [9.17, 15) is 28.8 Å². The molecular weight excluding hydrogens is 961 g/mol. The molecule has 1 unspecified atom stereocenters. The van der Waals surface area contributed by atoms with Crippen molar-refractivity contribution in [1.29, 1.82) is 0 Å². The minimum Gasteiger partial charge on any atom is -0.445 e. The van der Waals surface area contributed by atoms with Crippen molar-refractivity contribution >= 4 is 69.8 Å². The first-order chi connectivity index (χ1) is 35.9. The monoisotopic (exact) mass is 1040 g/mol. The smallest absolute Gasteiger partial charge is 0.410 e. The Hall–Kier alpha value is -6.54. The number of aromatic nitrogens is 2. The second-order valence-corrected chi connectivity index (χ2v) is 19.5. The SMILES string of the molecule is CC(CCCNC(N)=O)NC(=O)CNC=O.CCC.CCCCCC(=O)N1CCN(CC)CC1.O=CNCc1ccc(COC(=O)N2CCN(c3ccc4nc(-c5ccc(N6CCCC6)nc5)sc4c3)CC2)cc1. The van der Waals surface area contributed by atoms with E-state index in [0.717, 1.165) is 128 Å². The number of fused-ring (bicyclic) bond motifs is 1. The number of amides is 7. The van der Waals surface area contributed by atoms with Gasteiger partial charge in [0.1, 0.15) is 17.4 Å². The fourth-order valence-corrected chi connectivity index (χ4v) is 9.31. The van der Waals surface area contributed by atoms with Gasteiger partial charge in [0, 0.05) is 108 Å². The molecule has 7 rings (SSSR count). The van der Waals surface area contributed by atoms with Gasteiger partial charge < -0.3 is 56.2 Å². The lowest BCUT2D eigenvalue weighted by Gasteiger charge is -2.35. The molecule has 3 aliphatic rings. The number of unbranched alkanes of at least 4 members (excludes halogenated alkanes) is 2. The molecule has 0 saturated carbocycles. The molecule has 3 aliphatic heterocycles. The van der Waals surface area contributed by atoms with Gasteiger partial charge in [-0.15, -0.1) is 11.3 Å². The molecule has 74 heavy (non-hydrogen) atoms. The van der Waals surface area contributed by atoms with Crippen molar-refractivity contribution in [3.63, 3.8) is 0 Å². The molecule has 5 heterocycles. The molecule has 0 aliphatic carbocycles. The van der Waals surface area contributed by atoms with Crippen molar-refractivity contribution in [2.45, 2.75) is 112 Å². The third-order valence-corrected chi connectivity index (χ3v) is 13.6. The molecule has 3 fully saturated rings. The van der Waals surface area contributed by atoms with E-state index in [0.29, 0.717) is 44.9 Å². The number of thiazole rings is 1. The zero-order valence-corrected chi connectivity index (χ0v) is 45.3. The number of hydrogen-bond donors (Lipinski definition) is 5. The van der Waals surface area contributed by atoms with Crippen LogP contribution in [0.4, 0.5) is 21.1 Å². The summed E-state index contributed by atoms with van der Waals surface area (Å²) >= 11 is 1.69. The average Bonchev–Trinajstić information content (AvgIpc) is 4.13. The zero-order valence-electron chi connectivity index (χ0n) is 44.4. The molecule has 2 aromatic heterocycles. The molecule has 0 spiro atoms. The Morgan fingerprint density at radius 1 is 0.784 bits per heavy atom. The van der Waals surface area contributed by atoms with Crippen LogP contribution in [0.2, 0.25) is 0 Å². The van der Waals surface area contributed by atoms with Crippen molar-refractivity contribution in [2.75, 3.05) is 94.9 Å². The molecule has 0 bridgehead atoms. The van der Waals surface area contributed by atoms with Crippen LogP contribution in [0.5, 0.6) is 0 Å². The van der Waals surface area contributed by atoms with E-state index in [2.05, 4.69) is 94.0 Å². The lowest BCUT2D eigenvalue weighted by Crippen LogP contribution is -2.48. The number of rotatable bonds is 21. The van der Waals surface area contributed by atoms with Gasteiger partial charge in [0.25, 0.3) is 0 Å². The fraction of sp³-hybridized carbons (Fsp3) is 0.556. The first kappa shape index (κ1) is 60.0. The first-order valence-corrected chi connectivity index (χ1v) is 27.3. The Kier molecular flexibility index (Phi) is 27.6. The summed E-state index contributed by atoms with van der Waals surface area (Å²) in [5.74, 6) is 1.17. The Labute approximate surface area is 442 Å². The highest BCUT2D eigenvalue weighted by Gasteiger charge is 2.24. The molecule has 4 aromatic rings. The molecule has 2 aromatic carbocycles. The van der Waals surface area contributed by atoms with Gasteiger partial charge in [0.2, 0.25) is 24.6 Å². The van der Waals surface area contributed by atoms with Crippen molar-refractivity contribution in [2.24, 2.45) is 5.73 Å². The number of carbonyl (C=O) groups is 6. The minimum atomic E-state index is -0.549. The number of pyridine rings is 1. The predicted molar refractivity (Wildman–Crippen MR) is 295 cm³/mol. The van der Waals surface area contributed by atoms with Crippen LogP contribution in [0.3, 0.4) is 0 Å². The van der Waals surface area contributed by atoms with Gasteiger partial charge in [-0.1, -0.05) is 71.2 Å². The Balaban J connectivity index is 0.000000287. The number of primary amides is 1. The van der Waals surface area contributed by atoms with E-state index in [4.69, 9.17) is 20.4 Å². The van der Waals surface area contributed by atoms with Gasteiger partial charge in [-0.3, -0.25) is 19.2 Å². The number of nitrogens with zero attached hydrogens (tertiary/aromatic N) is 7. The molecular formula is C54H82N12O7S. The van der Waals surface area contributed by atoms with Crippen molar-refractivity contribution in [1.82, 2.24) is 45.9 Å². The van der Waals surface area contributed by atoms with Crippen molar-refractivity contribution in [3.05, 3.63) is 71.9 Å². The maximum atomic E-state index is 12.7. The van der Waals surface area contributed by atoms with Crippen LogP contribution >= 0.6 is 11.3 Å². The summed E-state index contributed by atoms with van der Waals surface area (Å²) in [6.07, 6.45) is 12.2. The summed E-state index contributed by atoms with van der Waals surface area (Å²) in [4.78, 5) is 86.6. The number of benzene rings is 2. The molecule has 7 amide bonds.